The minimum absolute atomic E-state index is 0.0944. The smallest absolute Gasteiger partial charge is 0.297 e. The van der Waals surface area contributed by atoms with Crippen molar-refractivity contribution in [1.82, 2.24) is 0 Å². The summed E-state index contributed by atoms with van der Waals surface area (Å²) < 4.78 is 35.2. The molecule has 0 spiro atoms. The van der Waals surface area contributed by atoms with Crippen molar-refractivity contribution in [2.75, 3.05) is 6.61 Å². The van der Waals surface area contributed by atoms with Crippen molar-refractivity contribution in [2.45, 2.75) is 165 Å². The molecule has 0 aromatic heterocycles. The van der Waals surface area contributed by atoms with Gasteiger partial charge in [0.05, 0.1) is 42.0 Å². The molecular weight excluding hydrogens is 544 g/mol. The third-order valence-electron chi connectivity index (χ3n) is 8.13. The van der Waals surface area contributed by atoms with Crippen LogP contribution in [0.4, 0.5) is 0 Å². The number of unbranched alkanes of at least 4 members (excludes halogenated alkanes) is 11. The molecule has 1 fully saturated rings. The monoisotopic (exact) mass is 600 g/mol. The lowest BCUT2D eigenvalue weighted by Gasteiger charge is -2.21. The van der Waals surface area contributed by atoms with Crippen LogP contribution >= 0.6 is 0 Å². The summed E-state index contributed by atoms with van der Waals surface area (Å²) in [6.07, 6.45) is 12.3. The van der Waals surface area contributed by atoms with E-state index in [-0.39, 0.29) is 43.0 Å². The molecule has 0 bridgehead atoms. The zero-order chi connectivity index (χ0) is 30.1. The minimum atomic E-state index is -3.85. The summed E-state index contributed by atoms with van der Waals surface area (Å²) in [6.45, 7) is 4.02. The van der Waals surface area contributed by atoms with Gasteiger partial charge in [-0.25, -0.2) is 0 Å². The van der Waals surface area contributed by atoms with Crippen LogP contribution in [0, 0.1) is 6.92 Å². The van der Waals surface area contributed by atoms with Crippen LogP contribution in [0.25, 0.3) is 0 Å². The van der Waals surface area contributed by atoms with E-state index in [1.165, 1.54) is 69.9 Å². The van der Waals surface area contributed by atoms with Crippen molar-refractivity contribution < 1.29 is 37.8 Å². The zero-order valence-corrected chi connectivity index (χ0v) is 26.1. The third-order valence-corrected chi connectivity index (χ3v) is 9.43. The van der Waals surface area contributed by atoms with Gasteiger partial charge in [0.1, 0.15) is 6.10 Å². The van der Waals surface area contributed by atoms with Crippen molar-refractivity contribution in [2.24, 2.45) is 0 Å². The van der Waals surface area contributed by atoms with E-state index in [9.17, 15) is 28.8 Å². The quantitative estimate of drug-likeness (QED) is 0.0650. The van der Waals surface area contributed by atoms with Gasteiger partial charge in [0, 0.05) is 0 Å². The van der Waals surface area contributed by atoms with Crippen LogP contribution in [0.2, 0.25) is 0 Å². The fourth-order valence-electron chi connectivity index (χ4n) is 5.15. The highest BCUT2D eigenvalue weighted by molar-refractivity contribution is 7.86. The molecule has 238 valence electrons. The van der Waals surface area contributed by atoms with Crippen molar-refractivity contribution >= 4 is 10.1 Å². The second-order valence-corrected chi connectivity index (χ2v) is 13.5. The SMILES string of the molecule is CCCCCCCCCCCCCC[C@@H](O)[C@H](O)CC[C@@H](O)[C@H](O)CC[C@@H]1O[C@H]1COS(=O)(=O)c1ccc(C)cc1. The van der Waals surface area contributed by atoms with Gasteiger partial charge >= 0.3 is 0 Å². The summed E-state index contributed by atoms with van der Waals surface area (Å²) in [5.74, 6) is 0. The van der Waals surface area contributed by atoms with Gasteiger partial charge in [-0.15, -0.1) is 0 Å². The molecule has 9 heteroatoms. The summed E-state index contributed by atoms with van der Waals surface area (Å²) in [6, 6.07) is 6.42. The molecule has 41 heavy (non-hydrogen) atoms. The summed E-state index contributed by atoms with van der Waals surface area (Å²) in [5.41, 5.74) is 0.954. The molecule has 0 aliphatic carbocycles. The second kappa shape index (κ2) is 20.0. The van der Waals surface area contributed by atoms with Gasteiger partial charge < -0.3 is 25.2 Å². The van der Waals surface area contributed by atoms with Gasteiger partial charge in [0.2, 0.25) is 0 Å². The molecule has 1 aliphatic rings. The summed E-state index contributed by atoms with van der Waals surface area (Å²) in [4.78, 5) is 0.0974. The molecule has 0 unspecified atom stereocenters. The highest BCUT2D eigenvalue weighted by atomic mass is 32.2. The van der Waals surface area contributed by atoms with Gasteiger partial charge in [-0.05, 0) is 51.2 Å². The molecular formula is C32H56O8S. The fraction of sp³-hybridized carbons (Fsp3) is 0.812. The number of hydrogen-bond acceptors (Lipinski definition) is 8. The van der Waals surface area contributed by atoms with Gasteiger partial charge in [-0.2, -0.15) is 8.42 Å². The Morgan fingerprint density at radius 3 is 1.68 bits per heavy atom. The van der Waals surface area contributed by atoms with Crippen LogP contribution in [0.3, 0.4) is 0 Å². The first-order valence-electron chi connectivity index (χ1n) is 16.0. The number of rotatable bonds is 25. The Bertz CT molecular complexity index is 907. The lowest BCUT2D eigenvalue weighted by atomic mass is 9.97. The number of hydrogen-bond donors (Lipinski definition) is 4. The van der Waals surface area contributed by atoms with E-state index in [4.69, 9.17) is 8.92 Å². The fourth-order valence-corrected chi connectivity index (χ4v) is 6.07. The lowest BCUT2D eigenvalue weighted by molar-refractivity contribution is -0.0238. The predicted molar refractivity (Wildman–Crippen MR) is 161 cm³/mol. The Balaban J connectivity index is 1.47. The van der Waals surface area contributed by atoms with E-state index in [1.807, 2.05) is 6.92 Å². The Morgan fingerprint density at radius 1 is 0.683 bits per heavy atom. The van der Waals surface area contributed by atoms with Crippen LogP contribution in [0.1, 0.15) is 122 Å². The van der Waals surface area contributed by atoms with Gasteiger partial charge in [-0.1, -0.05) is 102 Å². The number of aliphatic hydroxyl groups excluding tert-OH is 4. The van der Waals surface area contributed by atoms with Gasteiger partial charge in [0.25, 0.3) is 10.1 Å². The average molecular weight is 601 g/mol. The Hall–Kier alpha value is -1.07. The molecule has 0 saturated carbocycles. The Kier molecular flexibility index (Phi) is 17.6. The standard InChI is InChI=1S/C32H56O8S/c1-3-4-5-6-7-8-9-10-11-12-13-14-15-27(33)28(34)20-21-29(35)30(36)22-23-31-32(40-31)24-39-41(37,38)26-18-16-25(2)17-19-26/h16-19,27-36H,3-15,20-24H2,1-2H3/t27-,28-,29-,30-,31+,32+/m1/s1. The highest BCUT2D eigenvalue weighted by Crippen LogP contribution is 2.29. The Labute approximate surface area is 248 Å². The molecule has 0 amide bonds. The first-order valence-corrected chi connectivity index (χ1v) is 17.4. The maximum atomic E-state index is 12.3. The molecule has 4 N–H and O–H groups in total. The van der Waals surface area contributed by atoms with E-state index in [2.05, 4.69) is 6.92 Å². The molecule has 1 heterocycles. The van der Waals surface area contributed by atoms with Crippen LogP contribution in [-0.2, 0) is 19.0 Å². The van der Waals surface area contributed by atoms with E-state index in [1.54, 1.807) is 12.1 Å². The minimum Gasteiger partial charge on any atom is -0.390 e. The van der Waals surface area contributed by atoms with Crippen LogP contribution in [0.15, 0.2) is 29.2 Å². The molecule has 1 saturated heterocycles. The normalized spacial score (nSPS) is 20.0. The second-order valence-electron chi connectivity index (χ2n) is 11.9. The van der Waals surface area contributed by atoms with Gasteiger partial charge in [-0.3, -0.25) is 4.18 Å². The number of aliphatic hydroxyl groups is 4. The van der Waals surface area contributed by atoms with Crippen molar-refractivity contribution in [3.8, 4) is 0 Å². The zero-order valence-electron chi connectivity index (χ0n) is 25.3. The Morgan fingerprint density at radius 2 is 1.15 bits per heavy atom. The van der Waals surface area contributed by atoms with Gasteiger partial charge in [0.15, 0.2) is 0 Å². The number of ether oxygens (including phenoxy) is 1. The first-order chi connectivity index (χ1) is 19.6. The third kappa shape index (κ3) is 15.3. The van der Waals surface area contributed by atoms with Crippen LogP contribution in [-0.4, -0.2) is 72.1 Å². The number of epoxide rings is 1. The first kappa shape index (κ1) is 36.1. The van der Waals surface area contributed by atoms with Crippen molar-refractivity contribution in [3.05, 3.63) is 29.8 Å². The molecule has 1 aliphatic heterocycles. The largest absolute Gasteiger partial charge is 0.390 e. The summed E-state index contributed by atoms with van der Waals surface area (Å²) in [7, 11) is -3.85. The van der Waals surface area contributed by atoms with Crippen LogP contribution in [0.5, 0.6) is 0 Å². The summed E-state index contributed by atoms with van der Waals surface area (Å²) in [5, 5.41) is 41.2. The lowest BCUT2D eigenvalue weighted by Crippen LogP contribution is -2.31. The number of benzene rings is 1. The molecule has 6 atom stereocenters. The molecule has 2 rings (SSSR count). The maximum absolute atomic E-state index is 12.3. The molecule has 0 radical (unpaired) electrons. The van der Waals surface area contributed by atoms with E-state index in [0.717, 1.165) is 24.8 Å². The van der Waals surface area contributed by atoms with E-state index in [0.29, 0.717) is 12.8 Å². The molecule has 1 aromatic carbocycles. The van der Waals surface area contributed by atoms with Crippen LogP contribution < -0.4 is 0 Å². The van der Waals surface area contributed by atoms with Crippen molar-refractivity contribution in [1.29, 1.82) is 0 Å². The number of aryl methyl sites for hydroxylation is 1. The molecule has 1 aromatic rings. The van der Waals surface area contributed by atoms with E-state index < -0.39 is 34.5 Å². The van der Waals surface area contributed by atoms with E-state index >= 15 is 0 Å². The topological polar surface area (TPSA) is 137 Å². The summed E-state index contributed by atoms with van der Waals surface area (Å²) >= 11 is 0. The maximum Gasteiger partial charge on any atom is 0.297 e. The molecule has 8 nitrogen and oxygen atoms in total. The average Bonchev–Trinajstić information content (AvgIpc) is 3.72. The predicted octanol–water partition coefficient (Wildman–Crippen LogP) is 5.56. The highest BCUT2D eigenvalue weighted by Gasteiger charge is 2.40. The van der Waals surface area contributed by atoms with Crippen molar-refractivity contribution in [3.63, 3.8) is 0 Å².